The van der Waals surface area contributed by atoms with Gasteiger partial charge in [0, 0.05) is 28.3 Å². The SMILES string of the molecule is CC(C)CC(=O)Nc1ccc(C(=O)N/N=C/c2cc(Cl)cc(Cl)c2O)cc1. The topological polar surface area (TPSA) is 90.8 Å². The van der Waals surface area contributed by atoms with Gasteiger partial charge in [-0.25, -0.2) is 5.43 Å². The van der Waals surface area contributed by atoms with Crippen molar-refractivity contribution in [3.8, 4) is 5.75 Å². The Kier molecular flexibility index (Phi) is 7.21. The van der Waals surface area contributed by atoms with Gasteiger partial charge in [0.1, 0.15) is 5.75 Å². The molecule has 0 heterocycles. The number of halogens is 2. The van der Waals surface area contributed by atoms with E-state index < -0.39 is 5.91 Å². The molecule has 0 radical (unpaired) electrons. The van der Waals surface area contributed by atoms with Crippen molar-refractivity contribution in [1.82, 2.24) is 5.43 Å². The van der Waals surface area contributed by atoms with Gasteiger partial charge in [0.05, 0.1) is 11.2 Å². The van der Waals surface area contributed by atoms with E-state index >= 15 is 0 Å². The van der Waals surface area contributed by atoms with Crippen LogP contribution in [0.1, 0.15) is 36.2 Å². The molecule has 2 rings (SSSR count). The number of benzene rings is 2. The largest absolute Gasteiger partial charge is 0.506 e. The fourth-order valence-corrected chi connectivity index (χ4v) is 2.71. The molecule has 0 aliphatic rings. The molecule has 2 aromatic rings. The van der Waals surface area contributed by atoms with Gasteiger partial charge in [0.2, 0.25) is 5.91 Å². The fourth-order valence-electron chi connectivity index (χ4n) is 2.20. The lowest BCUT2D eigenvalue weighted by molar-refractivity contribution is -0.116. The second-order valence-corrected chi connectivity index (χ2v) is 7.09. The number of rotatable bonds is 6. The molecular weight excluding hydrogens is 389 g/mol. The van der Waals surface area contributed by atoms with Crippen LogP contribution in [0.4, 0.5) is 5.69 Å². The van der Waals surface area contributed by atoms with Crippen LogP contribution in [-0.4, -0.2) is 23.1 Å². The summed E-state index contributed by atoms with van der Waals surface area (Å²) in [5.41, 5.74) is 3.59. The predicted octanol–water partition coefficient (Wildman–Crippen LogP) is 4.45. The van der Waals surface area contributed by atoms with E-state index in [2.05, 4.69) is 15.8 Å². The smallest absolute Gasteiger partial charge is 0.271 e. The normalized spacial score (nSPS) is 11.0. The minimum Gasteiger partial charge on any atom is -0.506 e. The Morgan fingerprint density at radius 2 is 1.85 bits per heavy atom. The number of hydrogen-bond donors (Lipinski definition) is 3. The highest BCUT2D eigenvalue weighted by molar-refractivity contribution is 6.36. The van der Waals surface area contributed by atoms with Crippen LogP contribution in [0.25, 0.3) is 0 Å². The van der Waals surface area contributed by atoms with E-state index in [4.69, 9.17) is 23.2 Å². The van der Waals surface area contributed by atoms with Gasteiger partial charge in [0.25, 0.3) is 5.91 Å². The van der Waals surface area contributed by atoms with Crippen LogP contribution in [0.3, 0.4) is 0 Å². The van der Waals surface area contributed by atoms with E-state index in [-0.39, 0.29) is 28.2 Å². The molecule has 0 bridgehead atoms. The lowest BCUT2D eigenvalue weighted by Gasteiger charge is -2.07. The average Bonchev–Trinajstić information content (AvgIpc) is 2.58. The highest BCUT2D eigenvalue weighted by Gasteiger charge is 2.08. The first-order valence-electron chi connectivity index (χ1n) is 8.17. The highest BCUT2D eigenvalue weighted by atomic mass is 35.5. The fraction of sp³-hybridized carbons (Fsp3) is 0.211. The van der Waals surface area contributed by atoms with Crippen molar-refractivity contribution in [3.63, 3.8) is 0 Å². The lowest BCUT2D eigenvalue weighted by atomic mass is 10.1. The molecular formula is C19H19Cl2N3O3. The van der Waals surface area contributed by atoms with E-state index in [9.17, 15) is 14.7 Å². The molecule has 0 saturated heterocycles. The molecule has 0 atom stereocenters. The van der Waals surface area contributed by atoms with Crippen molar-refractivity contribution in [2.75, 3.05) is 5.32 Å². The Labute approximate surface area is 167 Å². The summed E-state index contributed by atoms with van der Waals surface area (Å²) in [6.45, 7) is 3.93. The predicted molar refractivity (Wildman–Crippen MR) is 108 cm³/mol. The zero-order chi connectivity index (χ0) is 20.0. The van der Waals surface area contributed by atoms with Crippen LogP contribution in [0.2, 0.25) is 10.0 Å². The molecule has 0 spiro atoms. The minimum absolute atomic E-state index is 0.0770. The Morgan fingerprint density at radius 1 is 1.19 bits per heavy atom. The minimum atomic E-state index is -0.445. The highest BCUT2D eigenvalue weighted by Crippen LogP contribution is 2.29. The molecule has 0 aliphatic carbocycles. The number of hydrazone groups is 1. The van der Waals surface area contributed by atoms with Gasteiger partial charge < -0.3 is 10.4 Å². The third-order valence-electron chi connectivity index (χ3n) is 3.45. The molecule has 2 aromatic carbocycles. The molecule has 0 fully saturated rings. The summed E-state index contributed by atoms with van der Waals surface area (Å²) < 4.78 is 0. The van der Waals surface area contributed by atoms with Gasteiger partial charge in [-0.1, -0.05) is 37.0 Å². The number of carbonyl (C=O) groups is 2. The Hall–Kier alpha value is -2.57. The molecule has 0 aliphatic heterocycles. The number of amides is 2. The summed E-state index contributed by atoms with van der Waals surface area (Å²) in [6, 6.07) is 9.29. The monoisotopic (exact) mass is 407 g/mol. The Balaban J connectivity index is 1.97. The number of phenols is 1. The second kappa shape index (κ2) is 9.39. The Bertz CT molecular complexity index is 865. The summed E-state index contributed by atoms with van der Waals surface area (Å²) >= 11 is 11.7. The molecule has 2 amide bonds. The van der Waals surface area contributed by atoms with E-state index in [0.29, 0.717) is 22.7 Å². The molecule has 3 N–H and O–H groups in total. The molecule has 0 aromatic heterocycles. The van der Waals surface area contributed by atoms with E-state index in [1.807, 2.05) is 13.8 Å². The zero-order valence-corrected chi connectivity index (χ0v) is 16.3. The zero-order valence-electron chi connectivity index (χ0n) is 14.8. The maximum Gasteiger partial charge on any atom is 0.271 e. The van der Waals surface area contributed by atoms with Gasteiger partial charge in [-0.2, -0.15) is 5.10 Å². The van der Waals surface area contributed by atoms with Crippen LogP contribution < -0.4 is 10.7 Å². The first-order chi connectivity index (χ1) is 12.8. The van der Waals surface area contributed by atoms with Crippen LogP contribution in [0.5, 0.6) is 5.75 Å². The first kappa shape index (κ1) is 20.7. The van der Waals surface area contributed by atoms with Crippen LogP contribution in [0.15, 0.2) is 41.5 Å². The molecule has 142 valence electrons. The van der Waals surface area contributed by atoms with Crippen molar-refractivity contribution in [1.29, 1.82) is 0 Å². The number of nitrogens with zero attached hydrogens (tertiary/aromatic N) is 1. The summed E-state index contributed by atoms with van der Waals surface area (Å²) in [5.74, 6) is -0.437. The molecule has 0 unspecified atom stereocenters. The van der Waals surface area contributed by atoms with Gasteiger partial charge >= 0.3 is 0 Å². The van der Waals surface area contributed by atoms with Gasteiger partial charge in [-0.3, -0.25) is 9.59 Å². The molecule has 8 heteroatoms. The number of nitrogens with one attached hydrogen (secondary N) is 2. The summed E-state index contributed by atoms with van der Waals surface area (Å²) in [6.07, 6.45) is 1.67. The number of carbonyl (C=O) groups excluding carboxylic acids is 2. The van der Waals surface area contributed by atoms with E-state index in [0.717, 1.165) is 0 Å². The maximum atomic E-state index is 12.1. The third-order valence-corrected chi connectivity index (χ3v) is 3.96. The van der Waals surface area contributed by atoms with Crippen molar-refractivity contribution in [2.24, 2.45) is 11.0 Å². The van der Waals surface area contributed by atoms with Gasteiger partial charge in [0.15, 0.2) is 0 Å². The van der Waals surface area contributed by atoms with Crippen LogP contribution in [0, 0.1) is 5.92 Å². The summed E-state index contributed by atoms with van der Waals surface area (Å²) in [5, 5.41) is 16.8. The first-order valence-corrected chi connectivity index (χ1v) is 8.93. The Morgan fingerprint density at radius 3 is 2.48 bits per heavy atom. The number of phenolic OH excluding ortho intramolecular Hbond substituents is 1. The van der Waals surface area contributed by atoms with Gasteiger partial charge in [-0.05, 0) is 42.3 Å². The van der Waals surface area contributed by atoms with Crippen molar-refractivity contribution < 1.29 is 14.7 Å². The summed E-state index contributed by atoms with van der Waals surface area (Å²) in [7, 11) is 0. The van der Waals surface area contributed by atoms with Crippen molar-refractivity contribution >= 4 is 46.9 Å². The third kappa shape index (κ3) is 6.27. The average molecular weight is 408 g/mol. The maximum absolute atomic E-state index is 12.1. The number of hydrogen-bond acceptors (Lipinski definition) is 4. The van der Waals surface area contributed by atoms with Crippen molar-refractivity contribution in [2.45, 2.75) is 20.3 Å². The van der Waals surface area contributed by atoms with E-state index in [1.54, 1.807) is 24.3 Å². The number of aromatic hydroxyl groups is 1. The van der Waals surface area contributed by atoms with E-state index in [1.165, 1.54) is 18.3 Å². The lowest BCUT2D eigenvalue weighted by Crippen LogP contribution is -2.18. The number of anilines is 1. The molecule has 6 nitrogen and oxygen atoms in total. The standard InChI is InChI=1S/C19H19Cl2N3O3/c1-11(2)7-17(25)23-15-5-3-12(4-6-15)19(27)24-22-10-13-8-14(20)9-16(21)18(13)26/h3-6,8-11,26H,7H2,1-2H3,(H,23,25)(H,24,27)/b22-10+. The van der Waals surface area contributed by atoms with Gasteiger partial charge in [-0.15, -0.1) is 0 Å². The molecule has 0 saturated carbocycles. The van der Waals surface area contributed by atoms with Crippen LogP contribution in [-0.2, 0) is 4.79 Å². The molecule has 27 heavy (non-hydrogen) atoms. The summed E-state index contributed by atoms with van der Waals surface area (Å²) in [4.78, 5) is 23.9. The second-order valence-electron chi connectivity index (χ2n) is 6.25. The van der Waals surface area contributed by atoms with Crippen LogP contribution >= 0.6 is 23.2 Å². The quantitative estimate of drug-likeness (QED) is 0.487. The van der Waals surface area contributed by atoms with Crippen molar-refractivity contribution in [3.05, 3.63) is 57.6 Å².